The molecule has 3 aromatic rings. The van der Waals surface area contributed by atoms with Crippen LogP contribution in [0.25, 0.3) is 11.3 Å². The van der Waals surface area contributed by atoms with Crippen molar-refractivity contribution in [1.82, 2.24) is 29.1 Å². The van der Waals surface area contributed by atoms with Gasteiger partial charge in [0.25, 0.3) is 0 Å². The average Bonchev–Trinajstić information content (AvgIpc) is 3.41. The van der Waals surface area contributed by atoms with E-state index in [0.29, 0.717) is 45.4 Å². The second kappa shape index (κ2) is 7.93. The van der Waals surface area contributed by atoms with Gasteiger partial charge in [-0.3, -0.25) is 14.3 Å². The summed E-state index contributed by atoms with van der Waals surface area (Å²) >= 11 is 0. The van der Waals surface area contributed by atoms with E-state index in [4.69, 9.17) is 4.98 Å². The number of rotatable bonds is 3. The first kappa shape index (κ1) is 20.5. The van der Waals surface area contributed by atoms with Crippen molar-refractivity contribution < 1.29 is 9.59 Å². The van der Waals surface area contributed by atoms with Crippen LogP contribution in [0.1, 0.15) is 31.2 Å². The quantitative estimate of drug-likeness (QED) is 0.636. The molecular formula is C24H28N6O2. The topological polar surface area (TPSA) is 76.3 Å². The fourth-order valence-electron chi connectivity index (χ4n) is 5.25. The minimum atomic E-state index is -0.478. The minimum absolute atomic E-state index is 0.0613. The summed E-state index contributed by atoms with van der Waals surface area (Å²) in [5.74, 6) is 1.12. The van der Waals surface area contributed by atoms with Gasteiger partial charge in [-0.25, -0.2) is 4.98 Å². The van der Waals surface area contributed by atoms with E-state index in [2.05, 4.69) is 9.67 Å². The van der Waals surface area contributed by atoms with Gasteiger partial charge in [0, 0.05) is 51.9 Å². The Hall–Kier alpha value is -3.42. The average molecular weight is 433 g/mol. The summed E-state index contributed by atoms with van der Waals surface area (Å²) < 4.78 is 4.02. The van der Waals surface area contributed by atoms with Gasteiger partial charge in [0.15, 0.2) is 0 Å². The molecule has 2 amide bonds. The van der Waals surface area contributed by atoms with Crippen molar-refractivity contribution in [3.63, 3.8) is 0 Å². The van der Waals surface area contributed by atoms with E-state index in [1.165, 1.54) is 0 Å². The lowest BCUT2D eigenvalue weighted by Gasteiger charge is -2.50. The maximum absolute atomic E-state index is 12.9. The van der Waals surface area contributed by atoms with Crippen LogP contribution >= 0.6 is 0 Å². The molecule has 0 N–H and O–H groups in total. The Morgan fingerprint density at radius 1 is 1.03 bits per heavy atom. The van der Waals surface area contributed by atoms with E-state index in [1.807, 2.05) is 65.8 Å². The highest BCUT2D eigenvalue weighted by molar-refractivity contribution is 5.79. The van der Waals surface area contributed by atoms with Crippen LogP contribution in [0.5, 0.6) is 0 Å². The molecule has 0 atom stereocenters. The third kappa shape index (κ3) is 3.39. The Bertz CT molecular complexity index is 1140. The number of piperidine rings is 1. The van der Waals surface area contributed by atoms with E-state index < -0.39 is 5.54 Å². The molecule has 1 fully saturated rings. The SMILES string of the molecule is CC(=O)N1CCn2c(-c3cnn(C)c3)cnc2C12CCN(C(=O)Cc1ccccc1)CC2. The predicted octanol–water partition coefficient (Wildman–Crippen LogP) is 2.21. The van der Waals surface area contributed by atoms with Gasteiger partial charge in [0.1, 0.15) is 11.4 Å². The number of carbonyl (C=O) groups is 2. The summed E-state index contributed by atoms with van der Waals surface area (Å²) in [6.45, 7) is 4.21. The highest BCUT2D eigenvalue weighted by atomic mass is 16.2. The molecule has 0 unspecified atom stereocenters. The highest BCUT2D eigenvalue weighted by Crippen LogP contribution is 2.42. The number of fused-ring (bicyclic) bond motifs is 2. The van der Waals surface area contributed by atoms with Gasteiger partial charge < -0.3 is 14.4 Å². The standard InChI is InChI=1S/C24H28N6O2/c1-18(31)30-13-12-29-21(20-15-26-27(2)17-20)16-25-23(29)24(30)8-10-28(11-9-24)22(32)14-19-6-4-3-5-7-19/h3-7,15-17H,8-14H2,1-2H3. The molecule has 8 nitrogen and oxygen atoms in total. The molecule has 0 radical (unpaired) electrons. The normalized spacial score (nSPS) is 17.4. The molecule has 1 saturated heterocycles. The number of hydrogen-bond acceptors (Lipinski definition) is 4. The summed E-state index contributed by atoms with van der Waals surface area (Å²) in [6, 6.07) is 9.85. The Balaban J connectivity index is 1.41. The Labute approximate surface area is 187 Å². The Kier molecular flexibility index (Phi) is 5.07. The Morgan fingerprint density at radius 3 is 2.44 bits per heavy atom. The molecular weight excluding hydrogens is 404 g/mol. The fraction of sp³-hybridized carbons (Fsp3) is 0.417. The lowest BCUT2D eigenvalue weighted by Crippen LogP contribution is -2.59. The second-order valence-corrected chi connectivity index (χ2v) is 8.77. The molecule has 4 heterocycles. The molecule has 1 aromatic carbocycles. The molecule has 2 aliphatic rings. The zero-order valence-electron chi connectivity index (χ0n) is 18.6. The van der Waals surface area contributed by atoms with Crippen LogP contribution in [0.3, 0.4) is 0 Å². The maximum atomic E-state index is 12.9. The summed E-state index contributed by atoms with van der Waals surface area (Å²) in [6.07, 6.45) is 7.51. The van der Waals surface area contributed by atoms with Gasteiger partial charge in [0.05, 0.1) is 24.5 Å². The van der Waals surface area contributed by atoms with E-state index in [-0.39, 0.29) is 11.8 Å². The molecule has 0 saturated carbocycles. The number of nitrogens with zero attached hydrogens (tertiary/aromatic N) is 6. The van der Waals surface area contributed by atoms with Crippen molar-refractivity contribution in [3.05, 3.63) is 60.3 Å². The number of aryl methyl sites for hydroxylation is 1. The number of amides is 2. The summed E-state index contributed by atoms with van der Waals surface area (Å²) in [4.78, 5) is 34.2. The second-order valence-electron chi connectivity index (χ2n) is 8.77. The Morgan fingerprint density at radius 2 is 1.78 bits per heavy atom. The van der Waals surface area contributed by atoms with E-state index in [0.717, 1.165) is 22.6 Å². The molecule has 2 aromatic heterocycles. The monoisotopic (exact) mass is 432 g/mol. The van der Waals surface area contributed by atoms with Gasteiger partial charge in [0.2, 0.25) is 11.8 Å². The van der Waals surface area contributed by atoms with Crippen LogP contribution in [0.2, 0.25) is 0 Å². The number of aromatic nitrogens is 4. The zero-order chi connectivity index (χ0) is 22.3. The summed E-state index contributed by atoms with van der Waals surface area (Å²) in [7, 11) is 1.90. The lowest BCUT2D eigenvalue weighted by atomic mass is 9.82. The number of imidazole rings is 1. The van der Waals surface area contributed by atoms with Crippen molar-refractivity contribution in [1.29, 1.82) is 0 Å². The van der Waals surface area contributed by atoms with Crippen LogP contribution in [0, 0.1) is 0 Å². The number of likely N-dealkylation sites (tertiary alicyclic amines) is 1. The summed E-state index contributed by atoms with van der Waals surface area (Å²) in [5.41, 5.74) is 2.59. The molecule has 8 heteroatoms. The highest BCUT2D eigenvalue weighted by Gasteiger charge is 2.49. The van der Waals surface area contributed by atoms with E-state index in [1.54, 1.807) is 11.6 Å². The fourth-order valence-corrected chi connectivity index (χ4v) is 5.25. The van der Waals surface area contributed by atoms with Crippen molar-refractivity contribution in [3.8, 4) is 11.3 Å². The van der Waals surface area contributed by atoms with Gasteiger partial charge in [-0.2, -0.15) is 5.10 Å². The first-order valence-corrected chi connectivity index (χ1v) is 11.1. The van der Waals surface area contributed by atoms with E-state index >= 15 is 0 Å². The predicted molar refractivity (Wildman–Crippen MR) is 119 cm³/mol. The van der Waals surface area contributed by atoms with Gasteiger partial charge in [-0.15, -0.1) is 0 Å². The van der Waals surface area contributed by atoms with E-state index in [9.17, 15) is 9.59 Å². The van der Waals surface area contributed by atoms with Crippen LogP contribution < -0.4 is 0 Å². The lowest BCUT2D eigenvalue weighted by molar-refractivity contribution is -0.143. The first-order valence-electron chi connectivity index (χ1n) is 11.1. The number of carbonyl (C=O) groups excluding carboxylic acids is 2. The van der Waals surface area contributed by atoms with Gasteiger partial charge in [-0.05, 0) is 18.4 Å². The van der Waals surface area contributed by atoms with Gasteiger partial charge >= 0.3 is 0 Å². The third-order valence-electron chi connectivity index (χ3n) is 6.86. The molecule has 0 aliphatic carbocycles. The maximum Gasteiger partial charge on any atom is 0.226 e. The van der Waals surface area contributed by atoms with Crippen molar-refractivity contribution >= 4 is 11.8 Å². The van der Waals surface area contributed by atoms with Crippen LogP contribution in [-0.2, 0) is 35.1 Å². The number of hydrogen-bond donors (Lipinski definition) is 0. The van der Waals surface area contributed by atoms with Crippen molar-refractivity contribution in [2.45, 2.75) is 38.3 Å². The molecule has 0 bridgehead atoms. The van der Waals surface area contributed by atoms with Gasteiger partial charge in [-0.1, -0.05) is 30.3 Å². The first-order chi connectivity index (χ1) is 15.5. The number of benzene rings is 1. The molecule has 1 spiro atoms. The smallest absolute Gasteiger partial charge is 0.226 e. The zero-order valence-corrected chi connectivity index (χ0v) is 18.6. The van der Waals surface area contributed by atoms with Crippen LogP contribution in [0.4, 0.5) is 0 Å². The molecule has 2 aliphatic heterocycles. The summed E-state index contributed by atoms with van der Waals surface area (Å²) in [5, 5.41) is 4.30. The molecule has 32 heavy (non-hydrogen) atoms. The third-order valence-corrected chi connectivity index (χ3v) is 6.86. The van der Waals surface area contributed by atoms with Crippen LogP contribution in [-0.4, -0.2) is 60.6 Å². The minimum Gasteiger partial charge on any atom is -0.342 e. The van der Waals surface area contributed by atoms with Crippen molar-refractivity contribution in [2.75, 3.05) is 19.6 Å². The largest absolute Gasteiger partial charge is 0.342 e. The van der Waals surface area contributed by atoms with Crippen molar-refractivity contribution in [2.24, 2.45) is 7.05 Å². The molecule has 166 valence electrons. The van der Waals surface area contributed by atoms with Crippen LogP contribution in [0.15, 0.2) is 48.9 Å². The molecule has 5 rings (SSSR count).